The largest absolute Gasteiger partial charge is 0.484 e. The molecule has 0 radical (unpaired) electrons. The van der Waals surface area contributed by atoms with Gasteiger partial charge in [0.2, 0.25) is 0 Å². The molecule has 1 rings (SSSR count). The molecule has 0 fully saturated rings. The zero-order chi connectivity index (χ0) is 14.3. The van der Waals surface area contributed by atoms with Gasteiger partial charge < -0.3 is 10.1 Å². The summed E-state index contributed by atoms with van der Waals surface area (Å²) in [5.74, 6) is -0.0160. The van der Waals surface area contributed by atoms with Crippen LogP contribution < -0.4 is 15.4 Å². The molecular weight excluding hydrogens is 268 g/mol. The number of rotatable bonds is 5. The predicted octanol–water partition coefficient (Wildman–Crippen LogP) is 2.04. The summed E-state index contributed by atoms with van der Waals surface area (Å²) in [5.41, 5.74) is 0.850. The first-order valence-corrected chi connectivity index (χ1v) is 5.98. The second-order valence-electron chi connectivity index (χ2n) is 3.75. The van der Waals surface area contributed by atoms with Crippen molar-refractivity contribution in [3.63, 3.8) is 0 Å². The van der Waals surface area contributed by atoms with E-state index < -0.39 is 11.9 Å². The van der Waals surface area contributed by atoms with Crippen molar-refractivity contribution in [2.75, 3.05) is 13.2 Å². The molecule has 0 saturated heterocycles. The standard InChI is InChI=1S/C13H15ClN2O3/c1-3-6-15-13(18)16-12(17)8-19-10-4-5-11(14)9(2)7-10/h3-5,7H,1,6,8H2,2H3,(H2,15,16,17,18). The molecule has 0 saturated carbocycles. The van der Waals surface area contributed by atoms with E-state index in [1.807, 2.05) is 6.92 Å². The molecule has 0 aromatic heterocycles. The molecule has 5 nitrogen and oxygen atoms in total. The maximum absolute atomic E-state index is 11.4. The average molecular weight is 283 g/mol. The van der Waals surface area contributed by atoms with Crippen molar-refractivity contribution < 1.29 is 14.3 Å². The van der Waals surface area contributed by atoms with Crippen molar-refractivity contribution in [3.8, 4) is 5.75 Å². The fourth-order valence-electron chi connectivity index (χ4n) is 1.23. The highest BCUT2D eigenvalue weighted by atomic mass is 35.5. The SMILES string of the molecule is C=CCNC(=O)NC(=O)COc1ccc(Cl)c(C)c1. The molecular formula is C13H15ClN2O3. The molecule has 0 aliphatic heterocycles. The lowest BCUT2D eigenvalue weighted by Crippen LogP contribution is -2.41. The number of nitrogens with one attached hydrogen (secondary N) is 2. The number of hydrogen-bond acceptors (Lipinski definition) is 3. The molecule has 0 aliphatic rings. The number of aryl methyl sites for hydroxylation is 1. The third-order valence-electron chi connectivity index (χ3n) is 2.16. The Morgan fingerprint density at radius 2 is 2.21 bits per heavy atom. The van der Waals surface area contributed by atoms with Crippen LogP contribution in [0.5, 0.6) is 5.75 Å². The van der Waals surface area contributed by atoms with Crippen molar-refractivity contribution in [1.29, 1.82) is 0 Å². The van der Waals surface area contributed by atoms with Crippen LogP contribution in [0.4, 0.5) is 4.79 Å². The van der Waals surface area contributed by atoms with Gasteiger partial charge in [-0.2, -0.15) is 0 Å². The molecule has 19 heavy (non-hydrogen) atoms. The number of carbonyl (C=O) groups excluding carboxylic acids is 2. The molecule has 0 atom stereocenters. The summed E-state index contributed by atoms with van der Waals surface area (Å²) in [6.45, 7) is 5.31. The quantitative estimate of drug-likeness (QED) is 0.812. The van der Waals surface area contributed by atoms with Gasteiger partial charge >= 0.3 is 6.03 Å². The molecule has 0 spiro atoms. The van der Waals surface area contributed by atoms with Gasteiger partial charge in [0.05, 0.1) is 0 Å². The van der Waals surface area contributed by atoms with E-state index in [4.69, 9.17) is 16.3 Å². The van der Waals surface area contributed by atoms with Crippen molar-refractivity contribution in [1.82, 2.24) is 10.6 Å². The van der Waals surface area contributed by atoms with Crippen molar-refractivity contribution in [2.45, 2.75) is 6.92 Å². The van der Waals surface area contributed by atoms with Crippen LogP contribution in [0.2, 0.25) is 5.02 Å². The predicted molar refractivity (Wildman–Crippen MR) is 73.4 cm³/mol. The van der Waals surface area contributed by atoms with Crippen LogP contribution in [-0.2, 0) is 4.79 Å². The van der Waals surface area contributed by atoms with E-state index in [1.54, 1.807) is 18.2 Å². The van der Waals surface area contributed by atoms with E-state index in [-0.39, 0.29) is 13.2 Å². The zero-order valence-corrected chi connectivity index (χ0v) is 11.3. The minimum Gasteiger partial charge on any atom is -0.484 e. The Bertz CT molecular complexity index is 489. The fourth-order valence-corrected chi connectivity index (χ4v) is 1.35. The van der Waals surface area contributed by atoms with Crippen LogP contribution in [0, 0.1) is 6.92 Å². The molecule has 1 aromatic rings. The Morgan fingerprint density at radius 1 is 1.47 bits per heavy atom. The number of amides is 3. The highest BCUT2D eigenvalue weighted by molar-refractivity contribution is 6.31. The second-order valence-corrected chi connectivity index (χ2v) is 4.15. The maximum Gasteiger partial charge on any atom is 0.321 e. The van der Waals surface area contributed by atoms with E-state index in [0.717, 1.165) is 5.56 Å². The van der Waals surface area contributed by atoms with Crippen molar-refractivity contribution in [3.05, 3.63) is 41.4 Å². The summed E-state index contributed by atoms with van der Waals surface area (Å²) in [6, 6.07) is 4.47. The Kier molecular flexibility index (Phi) is 5.89. The highest BCUT2D eigenvalue weighted by Crippen LogP contribution is 2.20. The molecule has 0 unspecified atom stereocenters. The average Bonchev–Trinajstić information content (AvgIpc) is 2.38. The minimum atomic E-state index is -0.583. The minimum absolute atomic E-state index is 0.247. The smallest absolute Gasteiger partial charge is 0.321 e. The summed E-state index contributed by atoms with van der Waals surface area (Å²) in [7, 11) is 0. The molecule has 102 valence electrons. The van der Waals surface area contributed by atoms with Crippen LogP contribution in [-0.4, -0.2) is 25.1 Å². The third kappa shape index (κ3) is 5.44. The topological polar surface area (TPSA) is 67.4 Å². The van der Waals surface area contributed by atoms with Gasteiger partial charge in [-0.1, -0.05) is 17.7 Å². The number of ether oxygens (including phenoxy) is 1. The molecule has 6 heteroatoms. The number of hydrogen-bond donors (Lipinski definition) is 2. The maximum atomic E-state index is 11.4. The van der Waals surface area contributed by atoms with Gasteiger partial charge in [-0.05, 0) is 30.7 Å². The van der Waals surface area contributed by atoms with E-state index >= 15 is 0 Å². The Labute approximate surface area is 116 Å². The Morgan fingerprint density at radius 3 is 2.84 bits per heavy atom. The highest BCUT2D eigenvalue weighted by Gasteiger charge is 2.07. The first-order valence-electron chi connectivity index (χ1n) is 5.60. The van der Waals surface area contributed by atoms with Crippen LogP contribution in [0.1, 0.15) is 5.56 Å². The molecule has 0 bridgehead atoms. The summed E-state index contributed by atoms with van der Waals surface area (Å²) in [6.07, 6.45) is 1.51. The second kappa shape index (κ2) is 7.43. The summed E-state index contributed by atoms with van der Waals surface area (Å²) >= 11 is 5.86. The summed E-state index contributed by atoms with van der Waals surface area (Å²) in [4.78, 5) is 22.6. The lowest BCUT2D eigenvalue weighted by Gasteiger charge is -2.08. The van der Waals surface area contributed by atoms with Crippen molar-refractivity contribution in [2.24, 2.45) is 0 Å². The number of benzene rings is 1. The normalized spacial score (nSPS) is 9.58. The van der Waals surface area contributed by atoms with Crippen LogP contribution in [0.15, 0.2) is 30.9 Å². The molecule has 1 aromatic carbocycles. The number of imide groups is 1. The van der Waals surface area contributed by atoms with Gasteiger partial charge in [0, 0.05) is 11.6 Å². The van der Waals surface area contributed by atoms with E-state index in [2.05, 4.69) is 17.2 Å². The van der Waals surface area contributed by atoms with Gasteiger partial charge in [-0.25, -0.2) is 4.79 Å². The summed E-state index contributed by atoms with van der Waals surface area (Å²) in [5, 5.41) is 5.16. The number of halogens is 1. The van der Waals surface area contributed by atoms with Crippen LogP contribution in [0.3, 0.4) is 0 Å². The van der Waals surface area contributed by atoms with E-state index in [1.165, 1.54) is 6.08 Å². The molecule has 3 amide bonds. The van der Waals surface area contributed by atoms with Crippen molar-refractivity contribution >= 4 is 23.5 Å². The first kappa shape index (κ1) is 15.0. The van der Waals surface area contributed by atoms with Crippen LogP contribution in [0.25, 0.3) is 0 Å². The van der Waals surface area contributed by atoms with Crippen LogP contribution >= 0.6 is 11.6 Å². The molecule has 2 N–H and O–H groups in total. The van der Waals surface area contributed by atoms with Gasteiger partial charge in [-0.15, -0.1) is 6.58 Å². The Hall–Kier alpha value is -2.01. The van der Waals surface area contributed by atoms with Gasteiger partial charge in [-0.3, -0.25) is 10.1 Å². The molecule has 0 aliphatic carbocycles. The first-order chi connectivity index (χ1) is 9.02. The zero-order valence-electron chi connectivity index (χ0n) is 10.5. The summed E-state index contributed by atoms with van der Waals surface area (Å²) < 4.78 is 5.24. The lowest BCUT2D eigenvalue weighted by molar-refractivity contribution is -0.122. The van der Waals surface area contributed by atoms with E-state index in [9.17, 15) is 9.59 Å². The lowest BCUT2D eigenvalue weighted by atomic mass is 10.2. The number of carbonyl (C=O) groups is 2. The number of urea groups is 1. The van der Waals surface area contributed by atoms with Gasteiger partial charge in [0.25, 0.3) is 5.91 Å². The van der Waals surface area contributed by atoms with E-state index in [0.29, 0.717) is 10.8 Å². The van der Waals surface area contributed by atoms with Gasteiger partial charge in [0.1, 0.15) is 5.75 Å². The third-order valence-corrected chi connectivity index (χ3v) is 2.58. The van der Waals surface area contributed by atoms with Gasteiger partial charge in [0.15, 0.2) is 6.61 Å². The monoisotopic (exact) mass is 282 g/mol. The Balaban J connectivity index is 2.39. The fraction of sp³-hybridized carbons (Fsp3) is 0.231. The molecule has 0 heterocycles.